The van der Waals surface area contributed by atoms with Gasteiger partial charge in [-0.1, -0.05) is 42.0 Å². The minimum Gasteiger partial charge on any atom is -0.369 e. The fourth-order valence-corrected chi connectivity index (χ4v) is 4.99. The van der Waals surface area contributed by atoms with Gasteiger partial charge in [0.2, 0.25) is 10.0 Å². The van der Waals surface area contributed by atoms with Crippen molar-refractivity contribution in [3.05, 3.63) is 90.3 Å². The van der Waals surface area contributed by atoms with Crippen molar-refractivity contribution >= 4 is 15.7 Å². The largest absolute Gasteiger partial charge is 0.369 e. The van der Waals surface area contributed by atoms with E-state index >= 15 is 0 Å². The van der Waals surface area contributed by atoms with Crippen molar-refractivity contribution in [2.24, 2.45) is 0 Å². The molecule has 0 aliphatic carbocycles. The molecule has 0 spiro atoms. The molecule has 0 amide bonds. The topological polar surface area (TPSA) is 65.5 Å². The fourth-order valence-electron chi connectivity index (χ4n) is 3.95. The van der Waals surface area contributed by atoms with E-state index in [9.17, 15) is 8.42 Å². The van der Waals surface area contributed by atoms with E-state index in [-0.39, 0.29) is 10.9 Å². The highest BCUT2D eigenvalue weighted by Gasteiger charge is 2.27. The average Bonchev–Trinajstić information content (AvgIpc) is 2.81. The van der Waals surface area contributed by atoms with Gasteiger partial charge >= 0.3 is 0 Å². The lowest BCUT2D eigenvalue weighted by molar-refractivity contribution is 0.186. The standard InChI is InChI=1S/C24H28N4O2S/c1-20-9-11-23(12-10-20)31(29,30)26-19-24(21-6-5-13-25-18-21)28-16-14-27(15-17-28)22-7-3-2-4-8-22/h2-13,18,24,26H,14-17,19H2,1H3/t24-/m0/s1. The Kier molecular flexibility index (Phi) is 6.65. The summed E-state index contributed by atoms with van der Waals surface area (Å²) in [4.78, 5) is 9.26. The number of para-hydroxylation sites is 1. The van der Waals surface area contributed by atoms with Crippen LogP contribution in [-0.4, -0.2) is 51.0 Å². The van der Waals surface area contributed by atoms with Crippen molar-refractivity contribution in [3.8, 4) is 0 Å². The number of aromatic nitrogens is 1. The maximum Gasteiger partial charge on any atom is 0.240 e. The van der Waals surface area contributed by atoms with E-state index in [1.807, 2.05) is 43.5 Å². The lowest BCUT2D eigenvalue weighted by Crippen LogP contribution is -2.49. The first-order chi connectivity index (χ1) is 15.0. The predicted molar refractivity (Wildman–Crippen MR) is 124 cm³/mol. The summed E-state index contributed by atoms with van der Waals surface area (Å²) in [5.41, 5.74) is 3.27. The molecule has 1 fully saturated rings. The number of nitrogens with zero attached hydrogens (tertiary/aromatic N) is 3. The fraction of sp³-hybridized carbons (Fsp3) is 0.292. The zero-order valence-corrected chi connectivity index (χ0v) is 18.5. The van der Waals surface area contributed by atoms with Gasteiger partial charge in [0.15, 0.2) is 0 Å². The zero-order valence-electron chi connectivity index (χ0n) is 17.7. The Labute approximate surface area is 184 Å². The normalized spacial score (nSPS) is 16.2. The highest BCUT2D eigenvalue weighted by atomic mass is 32.2. The van der Waals surface area contributed by atoms with Crippen LogP contribution in [0.3, 0.4) is 0 Å². The number of piperazine rings is 1. The van der Waals surface area contributed by atoms with Crippen molar-refractivity contribution in [2.45, 2.75) is 17.9 Å². The zero-order chi connectivity index (χ0) is 21.7. The third kappa shape index (κ3) is 5.31. The van der Waals surface area contributed by atoms with E-state index in [1.54, 1.807) is 18.3 Å². The van der Waals surface area contributed by atoms with E-state index in [0.717, 1.165) is 37.3 Å². The molecule has 4 rings (SSSR count). The molecule has 3 aromatic rings. The summed E-state index contributed by atoms with van der Waals surface area (Å²) in [5, 5.41) is 0. The van der Waals surface area contributed by atoms with Crippen LogP contribution >= 0.6 is 0 Å². The van der Waals surface area contributed by atoms with Crippen molar-refractivity contribution in [1.82, 2.24) is 14.6 Å². The maximum absolute atomic E-state index is 12.8. The molecule has 0 bridgehead atoms. The van der Waals surface area contributed by atoms with Crippen LogP contribution in [-0.2, 0) is 10.0 Å². The van der Waals surface area contributed by atoms with Crippen molar-refractivity contribution < 1.29 is 8.42 Å². The number of hydrogen-bond donors (Lipinski definition) is 1. The van der Waals surface area contributed by atoms with Crippen LogP contribution in [0.25, 0.3) is 0 Å². The number of nitrogens with one attached hydrogen (secondary N) is 1. The molecule has 0 radical (unpaired) electrons. The van der Waals surface area contributed by atoms with Gasteiger partial charge in [0.25, 0.3) is 0 Å². The number of hydrogen-bond acceptors (Lipinski definition) is 5. The summed E-state index contributed by atoms with van der Waals surface area (Å²) in [5.74, 6) is 0. The minimum atomic E-state index is -3.58. The molecule has 1 aliphatic rings. The molecule has 1 atom stereocenters. The summed E-state index contributed by atoms with van der Waals surface area (Å²) < 4.78 is 28.5. The Morgan fingerprint density at radius 1 is 0.935 bits per heavy atom. The van der Waals surface area contributed by atoms with Crippen LogP contribution in [0, 0.1) is 6.92 Å². The van der Waals surface area contributed by atoms with Gasteiger partial charge in [0, 0.05) is 50.8 Å². The van der Waals surface area contributed by atoms with Gasteiger partial charge in [-0.3, -0.25) is 9.88 Å². The molecule has 1 N–H and O–H groups in total. The average molecular weight is 437 g/mol. The number of benzene rings is 2. The van der Waals surface area contributed by atoms with E-state index in [2.05, 4.69) is 43.8 Å². The minimum absolute atomic E-state index is 0.0770. The maximum atomic E-state index is 12.8. The van der Waals surface area contributed by atoms with Crippen LogP contribution in [0.15, 0.2) is 84.0 Å². The Balaban J connectivity index is 1.47. The lowest BCUT2D eigenvalue weighted by Gasteiger charge is -2.40. The first-order valence-corrected chi connectivity index (χ1v) is 12.0. The van der Waals surface area contributed by atoms with Gasteiger partial charge in [-0.25, -0.2) is 13.1 Å². The Bertz CT molecular complexity index is 1070. The first-order valence-electron chi connectivity index (χ1n) is 10.5. The predicted octanol–water partition coefficient (Wildman–Crippen LogP) is 3.23. The highest BCUT2D eigenvalue weighted by molar-refractivity contribution is 7.89. The summed E-state index contributed by atoms with van der Waals surface area (Å²) in [6, 6.07) is 21.2. The highest BCUT2D eigenvalue weighted by Crippen LogP contribution is 2.24. The Hall–Kier alpha value is -2.74. The van der Waals surface area contributed by atoms with Crippen LogP contribution in [0.2, 0.25) is 0 Å². The molecule has 1 aliphatic heterocycles. The molecule has 1 saturated heterocycles. The molecular weight excluding hydrogens is 408 g/mol. The number of anilines is 1. The molecule has 0 unspecified atom stereocenters. The SMILES string of the molecule is Cc1ccc(S(=O)(=O)NC[C@@H](c2cccnc2)N2CCN(c3ccccc3)CC2)cc1. The summed E-state index contributed by atoms with van der Waals surface area (Å²) in [6.07, 6.45) is 3.57. The second-order valence-corrected chi connectivity index (χ2v) is 9.59. The van der Waals surface area contributed by atoms with Crippen LogP contribution < -0.4 is 9.62 Å². The molecule has 162 valence electrons. The number of pyridine rings is 1. The van der Waals surface area contributed by atoms with Crippen molar-refractivity contribution in [1.29, 1.82) is 0 Å². The number of rotatable bonds is 7. The molecule has 7 heteroatoms. The van der Waals surface area contributed by atoms with E-state index < -0.39 is 10.0 Å². The van der Waals surface area contributed by atoms with Crippen molar-refractivity contribution in [3.63, 3.8) is 0 Å². The third-order valence-corrected chi connectivity index (χ3v) is 7.18. The van der Waals surface area contributed by atoms with Gasteiger partial charge < -0.3 is 4.90 Å². The number of sulfonamides is 1. The second kappa shape index (κ2) is 9.60. The molecule has 0 saturated carbocycles. The van der Waals surface area contributed by atoms with Crippen LogP contribution in [0.5, 0.6) is 0 Å². The molecule has 31 heavy (non-hydrogen) atoms. The second-order valence-electron chi connectivity index (χ2n) is 7.83. The first kappa shape index (κ1) is 21.5. The third-order valence-electron chi connectivity index (χ3n) is 5.74. The van der Waals surface area contributed by atoms with Gasteiger partial charge in [-0.15, -0.1) is 0 Å². The Morgan fingerprint density at radius 3 is 2.29 bits per heavy atom. The van der Waals surface area contributed by atoms with Crippen molar-refractivity contribution in [2.75, 3.05) is 37.6 Å². The van der Waals surface area contributed by atoms with Crippen LogP contribution in [0.4, 0.5) is 5.69 Å². The van der Waals surface area contributed by atoms with Gasteiger partial charge in [0.1, 0.15) is 0 Å². The van der Waals surface area contributed by atoms with E-state index in [0.29, 0.717) is 6.54 Å². The molecule has 2 heterocycles. The van der Waals surface area contributed by atoms with Gasteiger partial charge in [-0.05, 0) is 42.8 Å². The molecular formula is C24H28N4O2S. The van der Waals surface area contributed by atoms with Gasteiger partial charge in [-0.2, -0.15) is 0 Å². The lowest BCUT2D eigenvalue weighted by atomic mass is 10.1. The van der Waals surface area contributed by atoms with Crippen LogP contribution in [0.1, 0.15) is 17.2 Å². The Morgan fingerprint density at radius 2 is 1.65 bits per heavy atom. The molecule has 6 nitrogen and oxygen atoms in total. The molecule has 2 aromatic carbocycles. The monoisotopic (exact) mass is 436 g/mol. The smallest absolute Gasteiger partial charge is 0.240 e. The molecule has 1 aromatic heterocycles. The number of aryl methyl sites for hydroxylation is 1. The van der Waals surface area contributed by atoms with Gasteiger partial charge in [0.05, 0.1) is 10.9 Å². The quantitative estimate of drug-likeness (QED) is 0.616. The van der Waals surface area contributed by atoms with E-state index in [1.165, 1.54) is 5.69 Å². The summed E-state index contributed by atoms with van der Waals surface area (Å²) >= 11 is 0. The van der Waals surface area contributed by atoms with E-state index in [4.69, 9.17) is 0 Å². The summed E-state index contributed by atoms with van der Waals surface area (Å²) in [6.45, 7) is 5.73. The summed E-state index contributed by atoms with van der Waals surface area (Å²) in [7, 11) is -3.58.